The van der Waals surface area contributed by atoms with Crippen molar-refractivity contribution in [2.24, 2.45) is 5.92 Å². The van der Waals surface area contributed by atoms with Crippen LogP contribution >= 0.6 is 0 Å². The number of piperazine rings is 1. The highest BCUT2D eigenvalue weighted by Gasteiger charge is 2.26. The maximum atomic E-state index is 12.3. The van der Waals surface area contributed by atoms with Crippen LogP contribution in [0.15, 0.2) is 0 Å². The predicted octanol–water partition coefficient (Wildman–Crippen LogP) is 1.02. The number of rotatable bonds is 3. The zero-order valence-electron chi connectivity index (χ0n) is 13.2. The van der Waals surface area contributed by atoms with Crippen molar-refractivity contribution in [1.29, 1.82) is 0 Å². The fourth-order valence-corrected chi connectivity index (χ4v) is 3.01. The first kappa shape index (κ1) is 16.1. The Morgan fingerprint density at radius 1 is 1.10 bits per heavy atom. The van der Waals surface area contributed by atoms with E-state index < -0.39 is 0 Å². The molecule has 0 aromatic rings. The van der Waals surface area contributed by atoms with Gasteiger partial charge >= 0.3 is 6.09 Å². The number of hydrogen-bond donors (Lipinski definition) is 0. The van der Waals surface area contributed by atoms with Crippen molar-refractivity contribution in [2.45, 2.75) is 26.7 Å². The molecule has 2 amide bonds. The molecule has 0 spiro atoms. The number of hydrogen-bond acceptors (Lipinski definition) is 4. The number of amides is 2. The third-order valence-corrected chi connectivity index (χ3v) is 4.27. The van der Waals surface area contributed by atoms with Crippen LogP contribution in [0.5, 0.6) is 0 Å². The summed E-state index contributed by atoms with van der Waals surface area (Å²) in [5, 5.41) is 0. The Morgan fingerprint density at radius 2 is 1.81 bits per heavy atom. The van der Waals surface area contributed by atoms with E-state index in [2.05, 4.69) is 11.8 Å². The van der Waals surface area contributed by atoms with Gasteiger partial charge in [0, 0.05) is 39.3 Å². The SMILES string of the molecule is CCOC(=O)N1CCN(CC(=O)N2CCCC(C)C2)CC1. The average Bonchev–Trinajstić information content (AvgIpc) is 2.48. The molecule has 1 atom stereocenters. The first-order valence-electron chi connectivity index (χ1n) is 8.02. The number of carbonyl (C=O) groups excluding carboxylic acids is 2. The number of carbonyl (C=O) groups is 2. The van der Waals surface area contributed by atoms with Gasteiger partial charge in [0.05, 0.1) is 13.2 Å². The van der Waals surface area contributed by atoms with Gasteiger partial charge in [-0.1, -0.05) is 6.92 Å². The van der Waals surface area contributed by atoms with Gasteiger partial charge in [-0.3, -0.25) is 9.69 Å². The van der Waals surface area contributed by atoms with Gasteiger partial charge in [-0.05, 0) is 25.7 Å². The summed E-state index contributed by atoms with van der Waals surface area (Å²) in [5.74, 6) is 0.842. The minimum atomic E-state index is -0.242. The molecule has 120 valence electrons. The fraction of sp³-hybridized carbons (Fsp3) is 0.867. The minimum absolute atomic E-state index is 0.228. The zero-order valence-corrected chi connectivity index (χ0v) is 13.2. The molecule has 2 rings (SSSR count). The lowest BCUT2D eigenvalue weighted by Gasteiger charge is -2.36. The predicted molar refractivity (Wildman–Crippen MR) is 80.0 cm³/mol. The van der Waals surface area contributed by atoms with E-state index in [-0.39, 0.29) is 12.0 Å². The van der Waals surface area contributed by atoms with Gasteiger partial charge < -0.3 is 14.5 Å². The van der Waals surface area contributed by atoms with Crippen molar-refractivity contribution in [3.8, 4) is 0 Å². The zero-order chi connectivity index (χ0) is 15.2. The summed E-state index contributed by atoms with van der Waals surface area (Å²) < 4.78 is 5.00. The third kappa shape index (κ3) is 4.59. The van der Waals surface area contributed by atoms with E-state index in [4.69, 9.17) is 4.74 Å². The van der Waals surface area contributed by atoms with Gasteiger partial charge in [-0.15, -0.1) is 0 Å². The molecule has 0 aliphatic carbocycles. The van der Waals surface area contributed by atoms with Gasteiger partial charge in [0.1, 0.15) is 0 Å². The van der Waals surface area contributed by atoms with Crippen LogP contribution < -0.4 is 0 Å². The maximum Gasteiger partial charge on any atom is 0.409 e. The molecular weight excluding hydrogens is 270 g/mol. The minimum Gasteiger partial charge on any atom is -0.450 e. The number of nitrogens with zero attached hydrogens (tertiary/aromatic N) is 3. The van der Waals surface area contributed by atoms with E-state index in [1.54, 1.807) is 4.90 Å². The molecule has 6 heteroatoms. The first-order valence-corrected chi connectivity index (χ1v) is 8.02. The van der Waals surface area contributed by atoms with Gasteiger partial charge in [0.2, 0.25) is 5.91 Å². The summed E-state index contributed by atoms with van der Waals surface area (Å²) in [7, 11) is 0. The van der Waals surface area contributed by atoms with Crippen LogP contribution in [0.1, 0.15) is 26.7 Å². The topological polar surface area (TPSA) is 53.1 Å². The summed E-state index contributed by atoms with van der Waals surface area (Å²) >= 11 is 0. The highest BCUT2D eigenvalue weighted by molar-refractivity contribution is 5.78. The van der Waals surface area contributed by atoms with Crippen molar-refractivity contribution in [1.82, 2.24) is 14.7 Å². The maximum absolute atomic E-state index is 12.3. The molecule has 0 bridgehead atoms. The lowest BCUT2D eigenvalue weighted by atomic mass is 10.0. The van der Waals surface area contributed by atoms with Gasteiger partial charge in [0.15, 0.2) is 0 Å². The largest absolute Gasteiger partial charge is 0.450 e. The summed E-state index contributed by atoms with van der Waals surface area (Å²) in [6.45, 7) is 9.46. The Bertz CT molecular complexity index is 367. The van der Waals surface area contributed by atoms with Crippen LogP contribution in [0, 0.1) is 5.92 Å². The van der Waals surface area contributed by atoms with Crippen molar-refractivity contribution in [3.63, 3.8) is 0 Å². The Balaban J connectivity index is 1.73. The monoisotopic (exact) mass is 297 g/mol. The molecule has 0 N–H and O–H groups in total. The average molecular weight is 297 g/mol. The number of likely N-dealkylation sites (tertiary alicyclic amines) is 1. The van der Waals surface area contributed by atoms with Crippen molar-refractivity contribution in [2.75, 3.05) is 52.4 Å². The molecule has 1 unspecified atom stereocenters. The second-order valence-corrected chi connectivity index (χ2v) is 6.05. The molecule has 0 radical (unpaired) electrons. The molecule has 0 aromatic carbocycles. The highest BCUT2D eigenvalue weighted by Crippen LogP contribution is 2.16. The summed E-state index contributed by atoms with van der Waals surface area (Å²) in [5.41, 5.74) is 0. The quantitative estimate of drug-likeness (QED) is 0.780. The fourth-order valence-electron chi connectivity index (χ4n) is 3.01. The van der Waals surface area contributed by atoms with Gasteiger partial charge in [-0.2, -0.15) is 0 Å². The number of piperidine rings is 1. The van der Waals surface area contributed by atoms with E-state index in [1.165, 1.54) is 6.42 Å². The molecule has 2 fully saturated rings. The molecule has 2 aliphatic rings. The van der Waals surface area contributed by atoms with Crippen LogP contribution in [-0.2, 0) is 9.53 Å². The second-order valence-electron chi connectivity index (χ2n) is 6.05. The van der Waals surface area contributed by atoms with Crippen molar-refractivity contribution in [3.05, 3.63) is 0 Å². The van der Waals surface area contributed by atoms with Crippen LogP contribution in [0.4, 0.5) is 4.79 Å². The molecule has 21 heavy (non-hydrogen) atoms. The number of ether oxygens (including phenoxy) is 1. The van der Waals surface area contributed by atoms with E-state index in [1.807, 2.05) is 11.8 Å². The lowest BCUT2D eigenvalue weighted by molar-refractivity contribution is -0.134. The molecule has 2 heterocycles. The molecule has 0 aromatic heterocycles. The molecule has 6 nitrogen and oxygen atoms in total. The molecular formula is C15H27N3O3. The van der Waals surface area contributed by atoms with E-state index >= 15 is 0 Å². The third-order valence-electron chi connectivity index (χ3n) is 4.27. The van der Waals surface area contributed by atoms with Crippen molar-refractivity contribution >= 4 is 12.0 Å². The second kappa shape index (κ2) is 7.64. The Hall–Kier alpha value is -1.30. The summed E-state index contributed by atoms with van der Waals surface area (Å²) in [6, 6.07) is 0. The first-order chi connectivity index (χ1) is 10.1. The van der Waals surface area contributed by atoms with Gasteiger partial charge in [-0.25, -0.2) is 4.79 Å². The van der Waals surface area contributed by atoms with Crippen LogP contribution in [0.2, 0.25) is 0 Å². The molecule has 2 saturated heterocycles. The lowest BCUT2D eigenvalue weighted by Crippen LogP contribution is -2.52. The Kier molecular flexibility index (Phi) is 5.85. The standard InChI is InChI=1S/C15H27N3O3/c1-3-21-15(20)17-9-7-16(8-10-17)12-14(19)18-6-4-5-13(2)11-18/h13H,3-12H2,1-2H3. The van der Waals surface area contributed by atoms with Crippen LogP contribution in [0.25, 0.3) is 0 Å². The Morgan fingerprint density at radius 3 is 2.43 bits per heavy atom. The van der Waals surface area contributed by atoms with E-state index in [0.29, 0.717) is 32.2 Å². The van der Waals surface area contributed by atoms with Crippen molar-refractivity contribution < 1.29 is 14.3 Å². The summed E-state index contributed by atoms with van der Waals surface area (Å²) in [4.78, 5) is 29.8. The summed E-state index contributed by atoms with van der Waals surface area (Å²) in [6.07, 6.45) is 2.10. The normalized spacial score (nSPS) is 24.0. The Labute approximate surface area is 127 Å². The van der Waals surface area contributed by atoms with E-state index in [9.17, 15) is 9.59 Å². The van der Waals surface area contributed by atoms with Crippen LogP contribution in [0.3, 0.4) is 0 Å². The van der Waals surface area contributed by atoms with Crippen LogP contribution in [-0.4, -0.2) is 79.1 Å². The van der Waals surface area contributed by atoms with Gasteiger partial charge in [0.25, 0.3) is 0 Å². The smallest absolute Gasteiger partial charge is 0.409 e. The highest BCUT2D eigenvalue weighted by atomic mass is 16.6. The van der Waals surface area contributed by atoms with E-state index in [0.717, 1.165) is 32.6 Å². The molecule has 0 saturated carbocycles. The molecule has 2 aliphatic heterocycles.